The minimum absolute atomic E-state index is 0.0119. The van der Waals surface area contributed by atoms with Crippen molar-refractivity contribution in [1.29, 1.82) is 0 Å². The van der Waals surface area contributed by atoms with Gasteiger partial charge in [-0.05, 0) is 30.9 Å². The van der Waals surface area contributed by atoms with Crippen LogP contribution < -0.4 is 5.32 Å². The monoisotopic (exact) mass is 346 g/mol. The van der Waals surface area contributed by atoms with Crippen molar-refractivity contribution in [2.75, 3.05) is 11.1 Å². The first-order valence-electron chi connectivity index (χ1n) is 8.46. The van der Waals surface area contributed by atoms with E-state index in [1.807, 2.05) is 30.7 Å². The molecule has 0 saturated heterocycles. The number of unbranched alkanes of at least 4 members (excludes halogenated alkanes) is 1. The summed E-state index contributed by atoms with van der Waals surface area (Å²) in [7, 11) is 1.96. The molecule has 130 valence electrons. The van der Waals surface area contributed by atoms with Crippen LogP contribution in [0.2, 0.25) is 0 Å². The van der Waals surface area contributed by atoms with Crippen molar-refractivity contribution >= 4 is 23.4 Å². The van der Waals surface area contributed by atoms with E-state index in [2.05, 4.69) is 35.4 Å². The van der Waals surface area contributed by atoms with Crippen molar-refractivity contribution in [2.24, 2.45) is 7.05 Å². The van der Waals surface area contributed by atoms with Crippen molar-refractivity contribution in [3.8, 4) is 0 Å². The Bertz CT molecular complexity index is 696. The predicted molar refractivity (Wildman–Crippen MR) is 99.5 cm³/mol. The second kappa shape index (κ2) is 8.87. The Labute approximate surface area is 148 Å². The molecular formula is C18H26N4OS. The SMILES string of the molecule is CCCCc1nnc(SCC(=O)Nc2c(C)cccc2CC)n1C. The molecule has 1 aromatic heterocycles. The molecule has 0 aliphatic heterocycles. The first-order valence-corrected chi connectivity index (χ1v) is 9.44. The second-order valence-electron chi connectivity index (χ2n) is 5.86. The zero-order valence-corrected chi connectivity index (χ0v) is 15.7. The maximum Gasteiger partial charge on any atom is 0.234 e. The number of hydrogen-bond donors (Lipinski definition) is 1. The van der Waals surface area contributed by atoms with Crippen LogP contribution in [0.25, 0.3) is 0 Å². The molecule has 2 aromatic rings. The molecule has 2 rings (SSSR count). The minimum atomic E-state index is -0.0119. The third kappa shape index (κ3) is 4.60. The van der Waals surface area contributed by atoms with Gasteiger partial charge in [-0.25, -0.2) is 0 Å². The number of anilines is 1. The summed E-state index contributed by atoms with van der Waals surface area (Å²) in [5, 5.41) is 12.2. The number of para-hydroxylation sites is 1. The van der Waals surface area contributed by atoms with E-state index < -0.39 is 0 Å². The Morgan fingerprint density at radius 2 is 2.08 bits per heavy atom. The molecule has 0 aliphatic rings. The predicted octanol–water partition coefficient (Wildman–Crippen LogP) is 3.76. The highest BCUT2D eigenvalue weighted by atomic mass is 32.2. The van der Waals surface area contributed by atoms with Gasteiger partial charge in [-0.2, -0.15) is 0 Å². The maximum atomic E-state index is 12.3. The molecule has 0 unspecified atom stereocenters. The highest BCUT2D eigenvalue weighted by Crippen LogP contribution is 2.22. The van der Waals surface area contributed by atoms with Crippen LogP contribution in [-0.2, 0) is 24.7 Å². The van der Waals surface area contributed by atoms with Gasteiger partial charge in [0, 0.05) is 19.2 Å². The number of nitrogens with one attached hydrogen (secondary N) is 1. The molecule has 5 nitrogen and oxygen atoms in total. The molecule has 1 aromatic carbocycles. The number of hydrogen-bond acceptors (Lipinski definition) is 4. The fourth-order valence-corrected chi connectivity index (χ4v) is 3.26. The standard InChI is InChI=1S/C18H26N4OS/c1-5-7-11-15-20-21-18(22(15)4)24-12-16(23)19-17-13(3)9-8-10-14(17)6-2/h8-10H,5-7,11-12H2,1-4H3,(H,19,23). The average Bonchev–Trinajstić information content (AvgIpc) is 2.93. The minimum Gasteiger partial charge on any atom is -0.325 e. The number of aryl methyl sites for hydroxylation is 3. The fraction of sp³-hybridized carbons (Fsp3) is 0.500. The van der Waals surface area contributed by atoms with E-state index in [1.165, 1.54) is 11.8 Å². The van der Waals surface area contributed by atoms with E-state index in [9.17, 15) is 4.79 Å². The number of aromatic nitrogens is 3. The Balaban J connectivity index is 1.96. The Kier molecular flexibility index (Phi) is 6.85. The third-order valence-electron chi connectivity index (χ3n) is 4.02. The number of amides is 1. The van der Waals surface area contributed by atoms with Crippen LogP contribution in [0.3, 0.4) is 0 Å². The van der Waals surface area contributed by atoms with Gasteiger partial charge in [0.1, 0.15) is 5.82 Å². The maximum absolute atomic E-state index is 12.3. The van der Waals surface area contributed by atoms with Crippen molar-refractivity contribution in [3.63, 3.8) is 0 Å². The normalized spacial score (nSPS) is 10.8. The molecular weight excluding hydrogens is 320 g/mol. The van der Waals surface area contributed by atoms with E-state index in [0.717, 1.165) is 53.5 Å². The van der Waals surface area contributed by atoms with Crippen LogP contribution in [0.5, 0.6) is 0 Å². The van der Waals surface area contributed by atoms with Crippen LogP contribution in [-0.4, -0.2) is 26.4 Å². The molecule has 0 fully saturated rings. The van der Waals surface area contributed by atoms with Gasteiger partial charge in [0.2, 0.25) is 5.91 Å². The van der Waals surface area contributed by atoms with E-state index >= 15 is 0 Å². The molecule has 0 saturated carbocycles. The van der Waals surface area contributed by atoms with Gasteiger partial charge in [-0.1, -0.05) is 50.2 Å². The first-order chi connectivity index (χ1) is 11.6. The number of nitrogens with zero attached hydrogens (tertiary/aromatic N) is 3. The Hall–Kier alpha value is -1.82. The van der Waals surface area contributed by atoms with Crippen LogP contribution in [0, 0.1) is 6.92 Å². The summed E-state index contributed by atoms with van der Waals surface area (Å²) in [4.78, 5) is 12.3. The summed E-state index contributed by atoms with van der Waals surface area (Å²) in [6.45, 7) is 6.27. The lowest BCUT2D eigenvalue weighted by molar-refractivity contribution is -0.113. The molecule has 0 bridgehead atoms. The lowest BCUT2D eigenvalue weighted by Crippen LogP contribution is -2.16. The van der Waals surface area contributed by atoms with Gasteiger partial charge in [-0.3, -0.25) is 4.79 Å². The molecule has 6 heteroatoms. The van der Waals surface area contributed by atoms with Crippen LogP contribution in [0.4, 0.5) is 5.69 Å². The zero-order valence-electron chi connectivity index (χ0n) is 14.9. The van der Waals surface area contributed by atoms with E-state index in [1.54, 1.807) is 0 Å². The van der Waals surface area contributed by atoms with Crippen LogP contribution >= 0.6 is 11.8 Å². The summed E-state index contributed by atoms with van der Waals surface area (Å²) >= 11 is 1.43. The molecule has 1 heterocycles. The number of carbonyl (C=O) groups excluding carboxylic acids is 1. The van der Waals surface area contributed by atoms with Crippen molar-refractivity contribution in [1.82, 2.24) is 14.8 Å². The van der Waals surface area contributed by atoms with E-state index in [0.29, 0.717) is 5.75 Å². The largest absolute Gasteiger partial charge is 0.325 e. The van der Waals surface area contributed by atoms with Crippen molar-refractivity contribution in [2.45, 2.75) is 51.6 Å². The van der Waals surface area contributed by atoms with Gasteiger partial charge in [0.15, 0.2) is 5.16 Å². The quantitative estimate of drug-likeness (QED) is 0.739. The molecule has 1 amide bonds. The fourth-order valence-electron chi connectivity index (χ4n) is 2.53. The number of rotatable bonds is 8. The summed E-state index contributed by atoms with van der Waals surface area (Å²) in [6, 6.07) is 6.10. The van der Waals surface area contributed by atoms with Crippen LogP contribution in [0.15, 0.2) is 23.4 Å². The van der Waals surface area contributed by atoms with Gasteiger partial charge < -0.3 is 9.88 Å². The Morgan fingerprint density at radius 3 is 2.79 bits per heavy atom. The summed E-state index contributed by atoms with van der Waals surface area (Å²) < 4.78 is 1.98. The zero-order chi connectivity index (χ0) is 17.5. The molecule has 0 atom stereocenters. The highest BCUT2D eigenvalue weighted by molar-refractivity contribution is 7.99. The van der Waals surface area contributed by atoms with Gasteiger partial charge >= 0.3 is 0 Å². The lowest BCUT2D eigenvalue weighted by Gasteiger charge is -2.12. The summed E-state index contributed by atoms with van der Waals surface area (Å²) in [5.74, 6) is 1.30. The van der Waals surface area contributed by atoms with E-state index in [4.69, 9.17) is 0 Å². The average molecular weight is 347 g/mol. The topological polar surface area (TPSA) is 59.8 Å². The molecule has 1 N–H and O–H groups in total. The van der Waals surface area contributed by atoms with Crippen LogP contribution in [0.1, 0.15) is 43.6 Å². The third-order valence-corrected chi connectivity index (χ3v) is 5.04. The van der Waals surface area contributed by atoms with Crippen molar-refractivity contribution in [3.05, 3.63) is 35.2 Å². The van der Waals surface area contributed by atoms with Gasteiger partial charge in [0.25, 0.3) is 0 Å². The smallest absolute Gasteiger partial charge is 0.234 e. The highest BCUT2D eigenvalue weighted by Gasteiger charge is 2.13. The second-order valence-corrected chi connectivity index (χ2v) is 6.80. The molecule has 24 heavy (non-hydrogen) atoms. The molecule has 0 spiro atoms. The lowest BCUT2D eigenvalue weighted by atomic mass is 10.1. The summed E-state index contributed by atoms with van der Waals surface area (Å²) in [5.41, 5.74) is 3.19. The van der Waals surface area contributed by atoms with E-state index in [-0.39, 0.29) is 5.91 Å². The number of benzene rings is 1. The number of thioether (sulfide) groups is 1. The van der Waals surface area contributed by atoms with Gasteiger partial charge in [-0.15, -0.1) is 10.2 Å². The Morgan fingerprint density at radius 1 is 1.29 bits per heavy atom. The van der Waals surface area contributed by atoms with Gasteiger partial charge in [0.05, 0.1) is 5.75 Å². The molecule has 0 radical (unpaired) electrons. The number of carbonyl (C=O) groups is 1. The molecule has 0 aliphatic carbocycles. The van der Waals surface area contributed by atoms with Crippen molar-refractivity contribution < 1.29 is 4.79 Å². The first kappa shape index (κ1) is 18.5. The summed E-state index contributed by atoms with van der Waals surface area (Å²) in [6.07, 6.45) is 4.06.